The smallest absolute Gasteiger partial charge is 0.343 e. The number of rotatable bonds is 7. The van der Waals surface area contributed by atoms with Crippen LogP contribution in [-0.4, -0.2) is 42.2 Å². The number of nitrogens with zero attached hydrogens (tertiary/aromatic N) is 2. The molecule has 32 heavy (non-hydrogen) atoms. The lowest BCUT2D eigenvalue weighted by Crippen LogP contribution is -2.29. The Labute approximate surface area is 185 Å². The summed E-state index contributed by atoms with van der Waals surface area (Å²) in [7, 11) is 1.30. The molecule has 4 rings (SSSR count). The molecule has 0 aliphatic carbocycles. The quantitative estimate of drug-likeness (QED) is 0.526. The highest BCUT2D eigenvalue weighted by Gasteiger charge is 2.26. The normalized spacial score (nSPS) is 13.9. The molecule has 0 saturated carbocycles. The van der Waals surface area contributed by atoms with Crippen LogP contribution in [0, 0.1) is 5.82 Å². The Balaban J connectivity index is 1.57. The van der Waals surface area contributed by atoms with Crippen molar-refractivity contribution in [1.29, 1.82) is 0 Å². The molecule has 7 nitrogen and oxygen atoms in total. The zero-order chi connectivity index (χ0) is 22.5. The van der Waals surface area contributed by atoms with Crippen LogP contribution in [-0.2, 0) is 30.7 Å². The van der Waals surface area contributed by atoms with Crippen LogP contribution in [0.1, 0.15) is 27.2 Å². The predicted octanol–water partition coefficient (Wildman–Crippen LogP) is 3.05. The van der Waals surface area contributed by atoms with Crippen LogP contribution in [0.5, 0.6) is 5.75 Å². The summed E-state index contributed by atoms with van der Waals surface area (Å²) in [6.45, 7) is 2.59. The number of furan rings is 1. The lowest BCUT2D eigenvalue weighted by atomic mass is 10.1. The Hall–Kier alpha value is -3.39. The summed E-state index contributed by atoms with van der Waals surface area (Å²) in [6, 6.07) is 9.68. The van der Waals surface area contributed by atoms with Gasteiger partial charge in [0.1, 0.15) is 17.1 Å². The fourth-order valence-electron chi connectivity index (χ4n) is 4.00. The second kappa shape index (κ2) is 9.82. The van der Waals surface area contributed by atoms with Crippen LogP contribution in [0.25, 0.3) is 0 Å². The van der Waals surface area contributed by atoms with Crippen molar-refractivity contribution < 1.29 is 23.1 Å². The van der Waals surface area contributed by atoms with Crippen LogP contribution in [0.15, 0.2) is 58.1 Å². The molecular weight excluding hydrogens is 415 g/mol. The number of methoxy groups -OCH3 is 1. The number of hydrogen-bond acceptors (Lipinski definition) is 6. The number of halogens is 1. The van der Waals surface area contributed by atoms with E-state index < -0.39 is 5.97 Å². The molecule has 0 amide bonds. The average molecular weight is 440 g/mol. The second-order valence-electron chi connectivity index (χ2n) is 7.66. The summed E-state index contributed by atoms with van der Waals surface area (Å²) < 4.78 is 31.5. The van der Waals surface area contributed by atoms with Crippen LogP contribution < -0.4 is 10.3 Å². The third-order valence-electron chi connectivity index (χ3n) is 5.65. The van der Waals surface area contributed by atoms with Gasteiger partial charge in [-0.1, -0.05) is 18.2 Å². The molecule has 0 saturated heterocycles. The molecule has 1 aliphatic rings. The Morgan fingerprint density at radius 2 is 2.03 bits per heavy atom. The molecule has 0 N–H and O–H groups in total. The summed E-state index contributed by atoms with van der Waals surface area (Å²) in [4.78, 5) is 27.7. The summed E-state index contributed by atoms with van der Waals surface area (Å²) in [5, 5.41) is 0. The van der Waals surface area contributed by atoms with Crippen molar-refractivity contribution in [2.24, 2.45) is 0 Å². The van der Waals surface area contributed by atoms with Crippen molar-refractivity contribution in [1.82, 2.24) is 9.47 Å². The monoisotopic (exact) mass is 440 g/mol. The SMILES string of the molecule is COC(=O)c1c(OCCc2ccccc2F)cc(=O)n2c1CCN(Cc1ccoc1)CC2. The molecule has 0 bridgehead atoms. The Morgan fingerprint density at radius 3 is 2.78 bits per heavy atom. The number of fused-ring (bicyclic) bond motifs is 1. The first-order chi connectivity index (χ1) is 15.6. The number of benzene rings is 1. The first kappa shape index (κ1) is 21.8. The van der Waals surface area contributed by atoms with Gasteiger partial charge in [0.05, 0.1) is 26.2 Å². The van der Waals surface area contributed by atoms with E-state index in [1.54, 1.807) is 35.3 Å². The summed E-state index contributed by atoms with van der Waals surface area (Å²) in [6.07, 6.45) is 4.13. The van der Waals surface area contributed by atoms with Gasteiger partial charge in [-0.3, -0.25) is 9.69 Å². The van der Waals surface area contributed by atoms with E-state index in [9.17, 15) is 14.0 Å². The van der Waals surface area contributed by atoms with Crippen molar-refractivity contribution in [2.45, 2.75) is 25.9 Å². The van der Waals surface area contributed by atoms with Gasteiger partial charge in [0, 0.05) is 56.3 Å². The molecule has 0 spiro atoms. The summed E-state index contributed by atoms with van der Waals surface area (Å²) >= 11 is 0. The van der Waals surface area contributed by atoms with Crippen LogP contribution >= 0.6 is 0 Å². The van der Waals surface area contributed by atoms with Crippen LogP contribution in [0.4, 0.5) is 4.39 Å². The Morgan fingerprint density at radius 1 is 1.19 bits per heavy atom. The average Bonchev–Trinajstić information content (AvgIpc) is 3.21. The van der Waals surface area contributed by atoms with Gasteiger partial charge >= 0.3 is 5.97 Å². The van der Waals surface area contributed by atoms with Gasteiger partial charge in [0.15, 0.2) is 0 Å². The van der Waals surface area contributed by atoms with E-state index >= 15 is 0 Å². The van der Waals surface area contributed by atoms with E-state index in [2.05, 4.69) is 4.90 Å². The minimum absolute atomic E-state index is 0.125. The van der Waals surface area contributed by atoms with Crippen molar-refractivity contribution >= 4 is 5.97 Å². The predicted molar refractivity (Wildman–Crippen MR) is 115 cm³/mol. The first-order valence-electron chi connectivity index (χ1n) is 10.5. The topological polar surface area (TPSA) is 73.9 Å². The van der Waals surface area contributed by atoms with Crippen molar-refractivity contribution in [3.63, 3.8) is 0 Å². The van der Waals surface area contributed by atoms with E-state index in [-0.39, 0.29) is 29.3 Å². The van der Waals surface area contributed by atoms with Crippen molar-refractivity contribution in [2.75, 3.05) is 26.8 Å². The number of pyridine rings is 1. The van der Waals surface area contributed by atoms with E-state index in [0.717, 1.165) is 5.56 Å². The number of hydrogen-bond donors (Lipinski definition) is 0. The minimum atomic E-state index is -0.557. The van der Waals surface area contributed by atoms with Gasteiger partial charge in [-0.2, -0.15) is 0 Å². The lowest BCUT2D eigenvalue weighted by Gasteiger charge is -2.18. The molecule has 0 radical (unpaired) electrons. The maximum absolute atomic E-state index is 13.9. The van der Waals surface area contributed by atoms with Gasteiger partial charge in [0.2, 0.25) is 0 Å². The standard InChI is InChI=1S/C24H25FN2O5/c1-30-24(29)23-20-6-9-26(15-17-7-12-31-16-17)10-11-27(20)22(28)14-21(23)32-13-8-18-4-2-3-5-19(18)25/h2-5,7,12,14,16H,6,8-11,13,15H2,1H3. The van der Waals surface area contributed by atoms with E-state index in [1.807, 2.05) is 6.07 Å². The molecule has 1 aliphatic heterocycles. The van der Waals surface area contributed by atoms with Crippen molar-refractivity contribution in [3.8, 4) is 5.75 Å². The lowest BCUT2D eigenvalue weighted by molar-refractivity contribution is 0.0593. The first-order valence-corrected chi connectivity index (χ1v) is 10.5. The zero-order valence-corrected chi connectivity index (χ0v) is 17.9. The van der Waals surface area contributed by atoms with Gasteiger partial charge in [-0.05, 0) is 17.7 Å². The molecule has 3 aromatic rings. The molecule has 168 valence electrons. The maximum atomic E-state index is 13.9. The summed E-state index contributed by atoms with van der Waals surface area (Å²) in [5.74, 6) is -0.699. The number of carbonyl (C=O) groups excluding carboxylic acids is 1. The second-order valence-corrected chi connectivity index (χ2v) is 7.66. The van der Waals surface area contributed by atoms with Crippen LogP contribution in [0.3, 0.4) is 0 Å². The highest BCUT2D eigenvalue weighted by atomic mass is 19.1. The number of carbonyl (C=O) groups is 1. The zero-order valence-electron chi connectivity index (χ0n) is 17.9. The third-order valence-corrected chi connectivity index (χ3v) is 5.65. The third kappa shape index (κ3) is 4.75. The fourth-order valence-corrected chi connectivity index (χ4v) is 4.00. The Kier molecular flexibility index (Phi) is 6.70. The maximum Gasteiger partial charge on any atom is 0.343 e. The van der Waals surface area contributed by atoms with E-state index in [0.29, 0.717) is 50.3 Å². The number of esters is 1. The van der Waals surface area contributed by atoms with E-state index in [4.69, 9.17) is 13.9 Å². The Bertz CT molecular complexity index is 1140. The van der Waals surface area contributed by atoms with Gasteiger partial charge in [0.25, 0.3) is 5.56 Å². The molecule has 0 fully saturated rings. The van der Waals surface area contributed by atoms with Crippen LogP contribution in [0.2, 0.25) is 0 Å². The highest BCUT2D eigenvalue weighted by molar-refractivity contribution is 5.93. The summed E-state index contributed by atoms with van der Waals surface area (Å²) in [5.41, 5.74) is 2.17. The van der Waals surface area contributed by atoms with E-state index in [1.165, 1.54) is 19.2 Å². The largest absolute Gasteiger partial charge is 0.492 e. The van der Waals surface area contributed by atoms with Gasteiger partial charge in [-0.25, -0.2) is 9.18 Å². The van der Waals surface area contributed by atoms with Crippen molar-refractivity contribution in [3.05, 3.63) is 87.5 Å². The number of aromatic nitrogens is 1. The molecule has 8 heteroatoms. The molecule has 1 aromatic carbocycles. The molecule has 0 atom stereocenters. The van der Waals surface area contributed by atoms with Gasteiger partial charge < -0.3 is 18.5 Å². The molecule has 0 unspecified atom stereocenters. The fraction of sp³-hybridized carbons (Fsp3) is 0.333. The van der Waals surface area contributed by atoms with Gasteiger partial charge in [-0.15, -0.1) is 0 Å². The highest BCUT2D eigenvalue weighted by Crippen LogP contribution is 2.25. The molecule has 2 aromatic heterocycles. The minimum Gasteiger partial charge on any atom is -0.492 e. The molecule has 3 heterocycles. The molecular formula is C24H25FN2O5. The number of ether oxygens (including phenoxy) is 2.